The Morgan fingerprint density at radius 1 is 0.972 bits per heavy atom. The van der Waals surface area contributed by atoms with Gasteiger partial charge in [0, 0.05) is 25.1 Å². The van der Waals surface area contributed by atoms with Gasteiger partial charge in [0.2, 0.25) is 11.8 Å². The molecule has 0 aromatic heterocycles. The number of rotatable bonds is 12. The highest BCUT2D eigenvalue weighted by Gasteiger charge is 2.44. The van der Waals surface area contributed by atoms with E-state index in [9.17, 15) is 24.0 Å². The van der Waals surface area contributed by atoms with Gasteiger partial charge in [0.15, 0.2) is 0 Å². The molecule has 1 atom stereocenters. The maximum absolute atomic E-state index is 12.9. The van der Waals surface area contributed by atoms with Gasteiger partial charge < -0.3 is 10.1 Å². The summed E-state index contributed by atoms with van der Waals surface area (Å²) in [6.07, 6.45) is 7.99. The van der Waals surface area contributed by atoms with Crippen LogP contribution in [0.2, 0.25) is 0 Å². The Balaban J connectivity index is 1.34. The molecule has 0 spiro atoms. The van der Waals surface area contributed by atoms with Crippen LogP contribution in [0.4, 0.5) is 5.69 Å². The summed E-state index contributed by atoms with van der Waals surface area (Å²) in [7, 11) is 0. The van der Waals surface area contributed by atoms with Crippen molar-refractivity contribution in [1.82, 2.24) is 10.2 Å². The molecule has 0 aliphatic carbocycles. The fourth-order valence-electron chi connectivity index (χ4n) is 4.48. The summed E-state index contributed by atoms with van der Waals surface area (Å²) in [5.74, 6) is -2.13. The number of carbonyl (C=O) groups is 5. The second-order valence-electron chi connectivity index (χ2n) is 10.4. The fourth-order valence-corrected chi connectivity index (χ4v) is 4.48. The van der Waals surface area contributed by atoms with Gasteiger partial charge >= 0.3 is 5.97 Å². The molecule has 0 bridgehead atoms. The van der Waals surface area contributed by atoms with Crippen molar-refractivity contribution in [3.05, 3.63) is 29.3 Å². The number of fused-ring (bicyclic) bond motifs is 1. The minimum atomic E-state index is -0.955. The van der Waals surface area contributed by atoms with Crippen LogP contribution in [0, 0.1) is 0 Å². The summed E-state index contributed by atoms with van der Waals surface area (Å²) in [4.78, 5) is 61.9. The largest absolute Gasteiger partial charge is 0.460 e. The molecule has 1 unspecified atom stereocenters. The summed E-state index contributed by atoms with van der Waals surface area (Å²) in [6, 6.07) is 4.08. The molecule has 0 saturated carbocycles. The number of hydrogen-bond acceptors (Lipinski definition) is 7. The minimum absolute atomic E-state index is 0.0999. The van der Waals surface area contributed by atoms with E-state index in [4.69, 9.17) is 4.74 Å². The summed E-state index contributed by atoms with van der Waals surface area (Å²) in [6.45, 7) is 6.38. The second-order valence-corrected chi connectivity index (χ2v) is 10.4. The molecule has 196 valence electrons. The highest BCUT2D eigenvalue weighted by atomic mass is 16.6. The number of amides is 4. The lowest BCUT2D eigenvalue weighted by Gasteiger charge is -2.27. The predicted molar refractivity (Wildman–Crippen MR) is 134 cm³/mol. The van der Waals surface area contributed by atoms with Crippen molar-refractivity contribution >= 4 is 35.3 Å². The van der Waals surface area contributed by atoms with Gasteiger partial charge in [0.1, 0.15) is 11.6 Å². The monoisotopic (exact) mass is 499 g/mol. The third-order valence-electron chi connectivity index (χ3n) is 6.25. The molecular formula is C27H37N3O6. The maximum Gasteiger partial charge on any atom is 0.306 e. The minimum Gasteiger partial charge on any atom is -0.460 e. The van der Waals surface area contributed by atoms with Crippen molar-refractivity contribution in [3.8, 4) is 0 Å². The first-order chi connectivity index (χ1) is 17.1. The molecule has 1 aromatic carbocycles. The number of unbranched alkanes of at least 4 members (excludes halogenated alkanes) is 6. The predicted octanol–water partition coefficient (Wildman–Crippen LogP) is 3.96. The highest BCUT2D eigenvalue weighted by Crippen LogP contribution is 2.29. The van der Waals surface area contributed by atoms with E-state index in [1.807, 2.05) is 20.8 Å². The first-order valence-corrected chi connectivity index (χ1v) is 12.9. The van der Waals surface area contributed by atoms with Crippen LogP contribution in [-0.2, 0) is 19.1 Å². The molecule has 0 radical (unpaired) electrons. The number of imide groups is 2. The van der Waals surface area contributed by atoms with Crippen molar-refractivity contribution in [1.29, 1.82) is 0 Å². The summed E-state index contributed by atoms with van der Waals surface area (Å²) in [5.41, 5.74) is 0.888. The van der Waals surface area contributed by atoms with Gasteiger partial charge in [-0.1, -0.05) is 32.1 Å². The van der Waals surface area contributed by atoms with E-state index in [1.165, 1.54) is 0 Å². The topological polar surface area (TPSA) is 122 Å². The van der Waals surface area contributed by atoms with Gasteiger partial charge in [-0.25, -0.2) is 0 Å². The quantitative estimate of drug-likeness (QED) is 0.254. The van der Waals surface area contributed by atoms with Gasteiger partial charge in [0.25, 0.3) is 11.8 Å². The zero-order chi connectivity index (χ0) is 26.3. The maximum atomic E-state index is 12.9. The normalized spacial score (nSPS) is 17.8. The molecular weight excluding hydrogens is 462 g/mol. The summed E-state index contributed by atoms with van der Waals surface area (Å²) >= 11 is 0. The number of anilines is 1. The molecule has 3 rings (SSSR count). The molecule has 1 fully saturated rings. The van der Waals surface area contributed by atoms with Crippen LogP contribution in [-0.4, -0.2) is 52.7 Å². The van der Waals surface area contributed by atoms with Crippen LogP contribution in [0.5, 0.6) is 0 Å². The Bertz CT molecular complexity index is 1010. The zero-order valence-corrected chi connectivity index (χ0v) is 21.5. The van der Waals surface area contributed by atoms with Crippen LogP contribution < -0.4 is 10.6 Å². The number of esters is 1. The molecule has 36 heavy (non-hydrogen) atoms. The van der Waals surface area contributed by atoms with Crippen LogP contribution in [0.15, 0.2) is 18.2 Å². The van der Waals surface area contributed by atoms with Crippen molar-refractivity contribution in [3.63, 3.8) is 0 Å². The first-order valence-electron chi connectivity index (χ1n) is 12.9. The highest BCUT2D eigenvalue weighted by molar-refractivity contribution is 6.23. The Hall–Kier alpha value is -3.23. The van der Waals surface area contributed by atoms with Gasteiger partial charge in [-0.05, 0) is 58.2 Å². The Labute approximate surface area is 212 Å². The Kier molecular flexibility index (Phi) is 9.23. The second kappa shape index (κ2) is 12.1. The Morgan fingerprint density at radius 2 is 1.61 bits per heavy atom. The van der Waals surface area contributed by atoms with Crippen LogP contribution in [0.1, 0.15) is 106 Å². The zero-order valence-electron chi connectivity index (χ0n) is 21.5. The van der Waals surface area contributed by atoms with E-state index >= 15 is 0 Å². The summed E-state index contributed by atoms with van der Waals surface area (Å²) < 4.78 is 5.31. The van der Waals surface area contributed by atoms with E-state index in [0.717, 1.165) is 62.1 Å². The van der Waals surface area contributed by atoms with Crippen molar-refractivity contribution < 1.29 is 28.7 Å². The fraction of sp³-hybridized carbons (Fsp3) is 0.593. The van der Waals surface area contributed by atoms with E-state index < -0.39 is 35.3 Å². The molecule has 2 heterocycles. The van der Waals surface area contributed by atoms with Crippen LogP contribution >= 0.6 is 0 Å². The van der Waals surface area contributed by atoms with E-state index in [1.54, 1.807) is 18.2 Å². The van der Waals surface area contributed by atoms with Gasteiger partial charge in [-0.3, -0.25) is 34.2 Å². The molecule has 9 nitrogen and oxygen atoms in total. The van der Waals surface area contributed by atoms with Gasteiger partial charge in [-0.15, -0.1) is 0 Å². The lowest BCUT2D eigenvalue weighted by atomic mass is 10.0. The molecule has 2 aliphatic rings. The van der Waals surface area contributed by atoms with Crippen LogP contribution in [0.3, 0.4) is 0 Å². The molecule has 4 amide bonds. The lowest BCUT2D eigenvalue weighted by molar-refractivity contribution is -0.155. The average molecular weight is 500 g/mol. The number of nitrogens with zero attached hydrogens (tertiary/aromatic N) is 1. The number of nitrogens with one attached hydrogen (secondary N) is 2. The summed E-state index contributed by atoms with van der Waals surface area (Å²) in [5, 5.41) is 5.50. The van der Waals surface area contributed by atoms with Crippen molar-refractivity contribution in [2.45, 2.75) is 96.6 Å². The SMILES string of the molecule is CC(C)(C)OC(=O)CCCCCCCCCNc1ccc2c(c1)C(=O)N(C1CCC(=O)NC1=O)C2=O. The molecule has 1 aromatic rings. The van der Waals surface area contributed by atoms with E-state index in [2.05, 4.69) is 10.6 Å². The molecule has 1 saturated heterocycles. The van der Waals surface area contributed by atoms with Crippen molar-refractivity contribution in [2.24, 2.45) is 0 Å². The van der Waals surface area contributed by atoms with Crippen LogP contribution in [0.25, 0.3) is 0 Å². The smallest absolute Gasteiger partial charge is 0.306 e. The number of carbonyl (C=O) groups excluding carboxylic acids is 5. The Morgan fingerprint density at radius 3 is 2.28 bits per heavy atom. The first kappa shape index (κ1) is 27.4. The number of ether oxygens (including phenoxy) is 1. The average Bonchev–Trinajstić information content (AvgIpc) is 3.03. The standard InChI is InChI=1S/C27H37N3O6/c1-27(2,3)36-23(32)11-9-7-5-4-6-8-10-16-28-18-12-13-19-20(17-18)26(35)30(25(19)34)21-14-15-22(31)29-24(21)33/h12-13,17,21,28H,4-11,14-16H2,1-3H3,(H,29,31,33). The number of benzene rings is 1. The molecule has 2 N–H and O–H groups in total. The molecule has 2 aliphatic heterocycles. The van der Waals surface area contributed by atoms with Crippen molar-refractivity contribution in [2.75, 3.05) is 11.9 Å². The number of piperidine rings is 1. The van der Waals surface area contributed by atoms with Gasteiger partial charge in [0.05, 0.1) is 11.1 Å². The lowest BCUT2D eigenvalue weighted by Crippen LogP contribution is -2.54. The van der Waals surface area contributed by atoms with E-state index in [0.29, 0.717) is 6.42 Å². The van der Waals surface area contributed by atoms with Gasteiger partial charge in [-0.2, -0.15) is 0 Å². The molecule has 9 heteroatoms. The third-order valence-corrected chi connectivity index (χ3v) is 6.25. The number of hydrogen-bond donors (Lipinski definition) is 2. The third kappa shape index (κ3) is 7.38. The van der Waals surface area contributed by atoms with E-state index in [-0.39, 0.29) is 29.9 Å².